The molecule has 4 rings (SSSR count). The van der Waals surface area contributed by atoms with Crippen LogP contribution in [0.25, 0.3) is 22.5 Å². The summed E-state index contributed by atoms with van der Waals surface area (Å²) in [6, 6.07) is 18.5. The van der Waals surface area contributed by atoms with Gasteiger partial charge in [0.05, 0.1) is 18.0 Å². The molecule has 104 valence electrons. The number of rotatable bonds is 2. The van der Waals surface area contributed by atoms with Gasteiger partial charge in [0.1, 0.15) is 0 Å². The molecule has 0 fully saturated rings. The average molecular weight is 276 g/mol. The van der Waals surface area contributed by atoms with E-state index in [0.29, 0.717) is 0 Å². The lowest BCUT2D eigenvalue weighted by Crippen LogP contribution is -2.12. The van der Waals surface area contributed by atoms with Crippen molar-refractivity contribution in [2.24, 2.45) is 0 Å². The molecule has 0 bridgehead atoms. The molecule has 1 aliphatic rings. The number of aromatic nitrogens is 2. The van der Waals surface area contributed by atoms with Crippen LogP contribution in [0.15, 0.2) is 54.6 Å². The van der Waals surface area contributed by atoms with Gasteiger partial charge in [0.25, 0.3) is 0 Å². The quantitative estimate of drug-likeness (QED) is 0.780. The second-order valence-corrected chi connectivity index (χ2v) is 5.33. The Hall–Kier alpha value is -2.39. The van der Waals surface area contributed by atoms with Gasteiger partial charge in [0.2, 0.25) is 0 Å². The zero-order valence-corrected chi connectivity index (χ0v) is 11.7. The van der Waals surface area contributed by atoms with Crippen molar-refractivity contribution in [3.05, 3.63) is 65.7 Å². The van der Waals surface area contributed by atoms with Gasteiger partial charge >= 0.3 is 0 Å². The largest absolute Gasteiger partial charge is 0.392 e. The van der Waals surface area contributed by atoms with Crippen LogP contribution in [-0.2, 0) is 19.6 Å². The van der Waals surface area contributed by atoms with E-state index in [0.717, 1.165) is 35.5 Å². The van der Waals surface area contributed by atoms with E-state index < -0.39 is 0 Å². The van der Waals surface area contributed by atoms with Crippen molar-refractivity contribution in [3.63, 3.8) is 0 Å². The van der Waals surface area contributed by atoms with Crippen LogP contribution in [-0.4, -0.2) is 14.9 Å². The third-order valence-corrected chi connectivity index (χ3v) is 4.12. The van der Waals surface area contributed by atoms with Crippen LogP contribution in [0.5, 0.6) is 0 Å². The minimum atomic E-state index is 0.00783. The topological polar surface area (TPSA) is 38.1 Å². The van der Waals surface area contributed by atoms with Gasteiger partial charge in [-0.25, -0.2) is 0 Å². The van der Waals surface area contributed by atoms with Gasteiger partial charge in [-0.05, 0) is 12.0 Å². The van der Waals surface area contributed by atoms with E-state index in [1.165, 1.54) is 11.1 Å². The Morgan fingerprint density at radius 3 is 2.57 bits per heavy atom. The monoisotopic (exact) mass is 276 g/mol. The summed E-state index contributed by atoms with van der Waals surface area (Å²) in [5, 5.41) is 14.6. The van der Waals surface area contributed by atoms with Crippen molar-refractivity contribution in [2.75, 3.05) is 0 Å². The average Bonchev–Trinajstić information content (AvgIpc) is 2.94. The highest BCUT2D eigenvalue weighted by molar-refractivity contribution is 5.76. The molecular formula is C18H16N2O. The summed E-state index contributed by atoms with van der Waals surface area (Å²) < 4.78 is 2.04. The van der Waals surface area contributed by atoms with Crippen LogP contribution in [0.1, 0.15) is 11.1 Å². The molecule has 2 heterocycles. The standard InChI is InChI=1S/C18H16N2O/c21-12-16-17(14-7-2-1-3-8-14)19-20-11-10-13-6-4-5-9-15(13)18(16)20/h1-9,21H,10-12H2. The highest BCUT2D eigenvalue weighted by atomic mass is 16.3. The Balaban J connectivity index is 1.97. The number of hydrogen-bond donors (Lipinski definition) is 1. The Bertz CT molecular complexity index is 790. The molecular weight excluding hydrogens is 260 g/mol. The van der Waals surface area contributed by atoms with Gasteiger partial charge in [0.15, 0.2) is 0 Å². The third-order valence-electron chi connectivity index (χ3n) is 4.12. The van der Waals surface area contributed by atoms with Gasteiger partial charge in [-0.15, -0.1) is 0 Å². The third kappa shape index (κ3) is 1.89. The number of aliphatic hydroxyl groups is 1. The normalized spacial score (nSPS) is 12.8. The summed E-state index contributed by atoms with van der Waals surface area (Å²) in [7, 11) is 0. The smallest absolute Gasteiger partial charge is 0.0985 e. The van der Waals surface area contributed by atoms with Gasteiger partial charge in [-0.2, -0.15) is 5.10 Å². The van der Waals surface area contributed by atoms with Gasteiger partial charge < -0.3 is 5.11 Å². The minimum Gasteiger partial charge on any atom is -0.392 e. The van der Waals surface area contributed by atoms with E-state index in [4.69, 9.17) is 5.10 Å². The number of fused-ring (bicyclic) bond motifs is 3. The minimum absolute atomic E-state index is 0.00783. The van der Waals surface area contributed by atoms with Gasteiger partial charge in [0, 0.05) is 23.2 Å². The lowest BCUT2D eigenvalue weighted by atomic mass is 9.95. The second-order valence-electron chi connectivity index (χ2n) is 5.33. The van der Waals surface area contributed by atoms with Crippen LogP contribution >= 0.6 is 0 Å². The molecule has 0 saturated carbocycles. The molecule has 0 spiro atoms. The Morgan fingerprint density at radius 2 is 1.76 bits per heavy atom. The fourth-order valence-electron chi connectivity index (χ4n) is 3.14. The van der Waals surface area contributed by atoms with Crippen molar-refractivity contribution < 1.29 is 5.11 Å². The first-order chi connectivity index (χ1) is 10.4. The van der Waals surface area contributed by atoms with E-state index in [1.807, 2.05) is 41.1 Å². The van der Waals surface area contributed by atoms with E-state index in [9.17, 15) is 5.11 Å². The predicted molar refractivity (Wildman–Crippen MR) is 82.7 cm³/mol. The van der Waals surface area contributed by atoms with Crippen LogP contribution < -0.4 is 0 Å². The summed E-state index contributed by atoms with van der Waals surface area (Å²) in [6.07, 6.45) is 0.990. The van der Waals surface area contributed by atoms with E-state index in [-0.39, 0.29) is 6.61 Å². The molecule has 3 heteroatoms. The number of aliphatic hydroxyl groups excluding tert-OH is 1. The molecule has 0 amide bonds. The number of benzene rings is 2. The summed E-state index contributed by atoms with van der Waals surface area (Å²) in [6.45, 7) is 0.875. The van der Waals surface area contributed by atoms with E-state index in [2.05, 4.69) is 18.2 Å². The maximum absolute atomic E-state index is 9.90. The maximum atomic E-state index is 9.90. The van der Waals surface area contributed by atoms with Crippen molar-refractivity contribution in [3.8, 4) is 22.5 Å². The highest BCUT2D eigenvalue weighted by Gasteiger charge is 2.24. The lowest BCUT2D eigenvalue weighted by molar-refractivity contribution is 0.282. The summed E-state index contributed by atoms with van der Waals surface area (Å²) >= 11 is 0. The Labute approximate surface area is 123 Å². The molecule has 21 heavy (non-hydrogen) atoms. The first-order valence-corrected chi connectivity index (χ1v) is 7.22. The molecule has 0 aliphatic carbocycles. The molecule has 3 nitrogen and oxygen atoms in total. The lowest BCUT2D eigenvalue weighted by Gasteiger charge is -2.18. The van der Waals surface area contributed by atoms with Crippen LogP contribution in [0.2, 0.25) is 0 Å². The molecule has 0 radical (unpaired) electrons. The first-order valence-electron chi connectivity index (χ1n) is 7.22. The van der Waals surface area contributed by atoms with E-state index in [1.54, 1.807) is 0 Å². The zero-order valence-electron chi connectivity index (χ0n) is 11.7. The molecule has 2 aromatic carbocycles. The number of hydrogen-bond acceptors (Lipinski definition) is 2. The number of nitrogens with zero attached hydrogens (tertiary/aromatic N) is 2. The van der Waals surface area contributed by atoms with Crippen LogP contribution in [0.3, 0.4) is 0 Å². The van der Waals surface area contributed by atoms with Gasteiger partial charge in [-0.1, -0.05) is 54.6 Å². The Morgan fingerprint density at radius 1 is 1.00 bits per heavy atom. The van der Waals surface area contributed by atoms with Crippen LogP contribution in [0, 0.1) is 0 Å². The maximum Gasteiger partial charge on any atom is 0.0985 e. The molecule has 0 saturated heterocycles. The van der Waals surface area contributed by atoms with E-state index >= 15 is 0 Å². The summed E-state index contributed by atoms with van der Waals surface area (Å²) in [5.74, 6) is 0. The predicted octanol–water partition coefficient (Wildman–Crippen LogP) is 3.27. The Kier molecular flexibility index (Phi) is 2.86. The SMILES string of the molecule is OCc1c(-c2ccccc2)nn2c1-c1ccccc1CC2. The van der Waals surface area contributed by atoms with Crippen LogP contribution in [0.4, 0.5) is 0 Å². The fourth-order valence-corrected chi connectivity index (χ4v) is 3.14. The summed E-state index contributed by atoms with van der Waals surface area (Å²) in [4.78, 5) is 0. The molecule has 1 N–H and O–H groups in total. The van der Waals surface area contributed by atoms with Crippen molar-refractivity contribution in [1.29, 1.82) is 0 Å². The molecule has 0 atom stereocenters. The highest BCUT2D eigenvalue weighted by Crippen LogP contribution is 2.36. The summed E-state index contributed by atoms with van der Waals surface area (Å²) in [5.41, 5.74) is 6.47. The molecule has 3 aromatic rings. The number of aryl methyl sites for hydroxylation is 2. The molecule has 1 aliphatic heterocycles. The molecule has 1 aromatic heterocycles. The first kappa shape index (κ1) is 12.4. The molecule has 0 unspecified atom stereocenters. The van der Waals surface area contributed by atoms with Gasteiger partial charge in [-0.3, -0.25) is 4.68 Å². The zero-order chi connectivity index (χ0) is 14.2. The second kappa shape index (κ2) is 4.86. The van der Waals surface area contributed by atoms with Crippen molar-refractivity contribution >= 4 is 0 Å². The van der Waals surface area contributed by atoms with Crippen molar-refractivity contribution in [1.82, 2.24) is 9.78 Å². The van der Waals surface area contributed by atoms with Crippen molar-refractivity contribution in [2.45, 2.75) is 19.6 Å². The fraction of sp³-hybridized carbons (Fsp3) is 0.167.